The Morgan fingerprint density at radius 1 is 0.878 bits per heavy atom. The number of amides is 2. The quantitative estimate of drug-likeness (QED) is 0.0303. The number of hydrazine groups is 1. The summed E-state index contributed by atoms with van der Waals surface area (Å²) < 4.78 is 21.5. The van der Waals surface area contributed by atoms with Crippen LogP contribution in [0.25, 0.3) is 6.08 Å². The van der Waals surface area contributed by atoms with Crippen LogP contribution in [0.4, 0.5) is 15.3 Å². The Bertz CT molecular complexity index is 1730. The molecule has 260 valence electrons. The maximum atomic E-state index is 13.0. The number of anilines is 1. The summed E-state index contributed by atoms with van der Waals surface area (Å²) in [7, 11) is 1.52. The fourth-order valence-electron chi connectivity index (χ4n) is 3.97. The van der Waals surface area contributed by atoms with E-state index in [-0.39, 0.29) is 28.9 Å². The standard InChI is InChI=1S/C36H41ClN4O8/c1-23(30(42)46-22-24-12-10-9-11-13-24)20-26-16-19-28(21-29(26)37)47-31(43)25-14-17-27(18-15-25)40(8)32(39-33(44)48-35(2,3)4)41(38)34(45)49-36(5,6)7/h9-21H,22,38H2,1-8H3/b23-20+,39-32-. The lowest BCUT2D eigenvalue weighted by Gasteiger charge is -2.29. The van der Waals surface area contributed by atoms with Crippen LogP contribution < -0.4 is 15.5 Å². The van der Waals surface area contributed by atoms with E-state index in [1.807, 2.05) is 30.3 Å². The molecule has 2 amide bonds. The molecule has 0 radical (unpaired) electrons. The van der Waals surface area contributed by atoms with Crippen LogP contribution in [-0.2, 0) is 25.6 Å². The van der Waals surface area contributed by atoms with Crippen molar-refractivity contribution in [2.45, 2.75) is 66.3 Å². The van der Waals surface area contributed by atoms with Gasteiger partial charge in [-0.1, -0.05) is 41.9 Å². The molecule has 0 bridgehead atoms. The normalized spacial score (nSPS) is 12.1. The maximum absolute atomic E-state index is 13.0. The van der Waals surface area contributed by atoms with Crippen LogP contribution in [0.5, 0.6) is 5.75 Å². The summed E-state index contributed by atoms with van der Waals surface area (Å²) in [6.07, 6.45) is -0.352. The average Bonchev–Trinajstić information content (AvgIpc) is 3.02. The molecule has 0 aliphatic heterocycles. The first-order valence-corrected chi connectivity index (χ1v) is 15.5. The number of nitrogens with two attached hydrogens (primary N) is 1. The number of carbonyl (C=O) groups is 4. The monoisotopic (exact) mass is 692 g/mol. The number of esters is 2. The minimum atomic E-state index is -0.980. The van der Waals surface area contributed by atoms with Gasteiger partial charge in [0.05, 0.1) is 10.6 Å². The highest BCUT2D eigenvalue weighted by Gasteiger charge is 2.28. The predicted molar refractivity (Wildman–Crippen MR) is 187 cm³/mol. The second-order valence-corrected chi connectivity index (χ2v) is 13.2. The van der Waals surface area contributed by atoms with Gasteiger partial charge in [0, 0.05) is 24.4 Å². The molecule has 0 atom stereocenters. The summed E-state index contributed by atoms with van der Waals surface area (Å²) in [6.45, 7) is 11.8. The van der Waals surface area contributed by atoms with Gasteiger partial charge in [-0.15, -0.1) is 4.99 Å². The lowest BCUT2D eigenvalue weighted by molar-refractivity contribution is -0.140. The van der Waals surface area contributed by atoms with Gasteiger partial charge in [0.1, 0.15) is 23.6 Å². The van der Waals surface area contributed by atoms with Gasteiger partial charge in [-0.05, 0) is 102 Å². The Labute approximate surface area is 291 Å². The summed E-state index contributed by atoms with van der Waals surface area (Å²) in [4.78, 5) is 56.0. The van der Waals surface area contributed by atoms with E-state index < -0.39 is 35.3 Å². The van der Waals surface area contributed by atoms with Gasteiger partial charge < -0.3 is 23.8 Å². The summed E-state index contributed by atoms with van der Waals surface area (Å²) in [5.41, 5.74) is 0.624. The van der Waals surface area contributed by atoms with E-state index in [9.17, 15) is 19.2 Å². The molecule has 12 nitrogen and oxygen atoms in total. The van der Waals surface area contributed by atoms with E-state index in [1.54, 1.807) is 78.8 Å². The van der Waals surface area contributed by atoms with Crippen LogP contribution in [0.1, 0.15) is 70.0 Å². The molecule has 13 heteroatoms. The largest absolute Gasteiger partial charge is 0.457 e. The summed E-state index contributed by atoms with van der Waals surface area (Å²) in [5.74, 6) is 4.78. The molecule has 3 rings (SSSR count). The van der Waals surface area contributed by atoms with Crippen molar-refractivity contribution in [2.75, 3.05) is 11.9 Å². The highest BCUT2D eigenvalue weighted by Crippen LogP contribution is 2.26. The molecular weight excluding hydrogens is 652 g/mol. The van der Waals surface area contributed by atoms with Crippen LogP contribution in [-0.4, -0.2) is 53.3 Å². The number of nitrogens with zero attached hydrogens (tertiary/aromatic N) is 3. The van der Waals surface area contributed by atoms with Gasteiger partial charge in [0.2, 0.25) is 5.96 Å². The number of ether oxygens (including phenoxy) is 4. The van der Waals surface area contributed by atoms with E-state index in [1.165, 1.54) is 30.1 Å². The summed E-state index contributed by atoms with van der Waals surface area (Å²) >= 11 is 6.44. The second kappa shape index (κ2) is 16.3. The Hall–Kier alpha value is -5.20. The molecule has 0 spiro atoms. The Kier molecular flexibility index (Phi) is 12.7. The zero-order valence-electron chi connectivity index (χ0n) is 28.8. The number of benzene rings is 3. The van der Waals surface area contributed by atoms with Crippen LogP contribution in [0, 0.1) is 0 Å². The number of guanidine groups is 1. The maximum Gasteiger partial charge on any atom is 0.437 e. The Balaban J connectivity index is 1.72. The average molecular weight is 693 g/mol. The molecule has 0 unspecified atom stereocenters. The molecule has 0 heterocycles. The number of hydrogen-bond donors (Lipinski definition) is 1. The first kappa shape index (κ1) is 38.2. The zero-order chi connectivity index (χ0) is 36.5. The molecule has 3 aromatic rings. The van der Waals surface area contributed by atoms with Crippen molar-refractivity contribution < 1.29 is 38.1 Å². The number of rotatable bonds is 7. The molecule has 0 aliphatic carbocycles. The molecule has 2 N–H and O–H groups in total. The minimum absolute atomic E-state index is 0.142. The van der Waals surface area contributed by atoms with Crippen molar-refractivity contribution in [1.29, 1.82) is 0 Å². The second-order valence-electron chi connectivity index (χ2n) is 12.8. The number of halogens is 1. The molecule has 0 aliphatic rings. The van der Waals surface area contributed by atoms with Crippen LogP contribution in [0.2, 0.25) is 5.02 Å². The van der Waals surface area contributed by atoms with Crippen molar-refractivity contribution in [3.8, 4) is 5.75 Å². The first-order chi connectivity index (χ1) is 22.8. The third-order valence-electron chi connectivity index (χ3n) is 6.27. The highest BCUT2D eigenvalue weighted by molar-refractivity contribution is 6.32. The molecule has 0 saturated heterocycles. The van der Waals surface area contributed by atoms with E-state index >= 15 is 0 Å². The number of carbonyl (C=O) groups excluding carboxylic acids is 4. The third-order valence-corrected chi connectivity index (χ3v) is 6.60. The Morgan fingerprint density at radius 2 is 1.49 bits per heavy atom. The van der Waals surface area contributed by atoms with Crippen molar-refractivity contribution >= 4 is 53.4 Å². The van der Waals surface area contributed by atoms with Gasteiger partial charge in [0.25, 0.3) is 0 Å². The minimum Gasteiger partial charge on any atom is -0.457 e. The van der Waals surface area contributed by atoms with Gasteiger partial charge in [-0.25, -0.2) is 25.0 Å². The zero-order valence-corrected chi connectivity index (χ0v) is 29.5. The van der Waals surface area contributed by atoms with E-state index in [4.69, 9.17) is 36.4 Å². The van der Waals surface area contributed by atoms with Crippen LogP contribution in [0.15, 0.2) is 83.4 Å². The van der Waals surface area contributed by atoms with Gasteiger partial charge in [0.15, 0.2) is 0 Å². The van der Waals surface area contributed by atoms with Crippen LogP contribution >= 0.6 is 11.6 Å². The molecule has 3 aromatic carbocycles. The Morgan fingerprint density at radius 3 is 2.06 bits per heavy atom. The smallest absolute Gasteiger partial charge is 0.437 e. The van der Waals surface area contributed by atoms with Crippen molar-refractivity contribution in [3.63, 3.8) is 0 Å². The van der Waals surface area contributed by atoms with E-state index in [0.717, 1.165) is 5.56 Å². The van der Waals surface area contributed by atoms with Crippen molar-refractivity contribution in [1.82, 2.24) is 5.01 Å². The number of aliphatic imine (C=N–C) groups is 1. The fourth-order valence-corrected chi connectivity index (χ4v) is 4.19. The van der Waals surface area contributed by atoms with Crippen molar-refractivity contribution in [3.05, 3.63) is 100 Å². The van der Waals surface area contributed by atoms with Crippen molar-refractivity contribution in [2.24, 2.45) is 10.8 Å². The lowest BCUT2D eigenvalue weighted by atomic mass is 10.1. The highest BCUT2D eigenvalue weighted by atomic mass is 35.5. The van der Waals surface area contributed by atoms with E-state index in [0.29, 0.717) is 21.8 Å². The lowest BCUT2D eigenvalue weighted by Crippen LogP contribution is -2.52. The molecule has 49 heavy (non-hydrogen) atoms. The predicted octanol–water partition coefficient (Wildman–Crippen LogP) is 7.54. The molecule has 0 aromatic heterocycles. The van der Waals surface area contributed by atoms with Gasteiger partial charge in [-0.2, -0.15) is 5.01 Å². The van der Waals surface area contributed by atoms with Crippen LogP contribution in [0.3, 0.4) is 0 Å². The molecule has 0 saturated carbocycles. The topological polar surface area (TPSA) is 150 Å². The summed E-state index contributed by atoms with van der Waals surface area (Å²) in [6, 6.07) is 20.0. The molecule has 0 fully saturated rings. The van der Waals surface area contributed by atoms with E-state index in [2.05, 4.69) is 4.99 Å². The van der Waals surface area contributed by atoms with Gasteiger partial charge >= 0.3 is 24.1 Å². The SMILES string of the molecule is C/C(=C\c1ccc(OC(=O)c2ccc(N(C)/C(=N/C(=O)OC(C)(C)C)N(N)C(=O)OC(C)(C)C)cc2)cc1Cl)C(=O)OCc1ccccc1. The fraction of sp³-hybridized carbons (Fsp3) is 0.306. The first-order valence-electron chi connectivity index (χ1n) is 15.2. The molecular formula is C36H41ClN4O8. The summed E-state index contributed by atoms with van der Waals surface area (Å²) in [5, 5.41) is 0.848. The number of hydrogen-bond acceptors (Lipinski definition) is 9. The van der Waals surface area contributed by atoms with Gasteiger partial charge in [-0.3, -0.25) is 0 Å². The third kappa shape index (κ3) is 12.1.